The number of carbonyl (C=O) groups is 1. The van der Waals surface area contributed by atoms with Crippen LogP contribution in [0.3, 0.4) is 0 Å². The number of rotatable bonds is 6. The maximum atomic E-state index is 11.7. The lowest BCUT2D eigenvalue weighted by Gasteiger charge is -2.25. The monoisotopic (exact) mass is 214 g/mol. The molecule has 1 rings (SSSR count). The zero-order valence-electron chi connectivity index (χ0n) is 9.83. The molecule has 0 bridgehead atoms. The molecule has 1 fully saturated rings. The molecule has 0 amide bonds. The van der Waals surface area contributed by atoms with E-state index in [2.05, 4.69) is 6.92 Å². The van der Waals surface area contributed by atoms with Crippen LogP contribution < -0.4 is 0 Å². The first-order chi connectivity index (χ1) is 7.24. The Balaban J connectivity index is 2.15. The van der Waals surface area contributed by atoms with Gasteiger partial charge < -0.3 is 9.47 Å². The van der Waals surface area contributed by atoms with Gasteiger partial charge in [0.25, 0.3) is 0 Å². The molecule has 0 aromatic rings. The number of Topliss-reactive ketones (excluding diaryl/α,β-unsaturated/α-hetero) is 1. The van der Waals surface area contributed by atoms with Crippen LogP contribution in [0.4, 0.5) is 0 Å². The molecule has 0 N–H and O–H groups in total. The summed E-state index contributed by atoms with van der Waals surface area (Å²) in [4.78, 5) is 11.7. The maximum absolute atomic E-state index is 11.7. The minimum Gasteiger partial charge on any atom is -0.382 e. The van der Waals surface area contributed by atoms with Gasteiger partial charge in [-0.25, -0.2) is 0 Å². The zero-order valence-corrected chi connectivity index (χ0v) is 9.83. The van der Waals surface area contributed by atoms with Crippen molar-refractivity contribution in [2.24, 2.45) is 11.8 Å². The summed E-state index contributed by atoms with van der Waals surface area (Å²) in [6, 6.07) is 0. The second-order valence-corrected chi connectivity index (χ2v) is 4.48. The largest absolute Gasteiger partial charge is 0.382 e. The molecule has 1 aliphatic carbocycles. The number of carbonyl (C=O) groups excluding carboxylic acids is 1. The van der Waals surface area contributed by atoms with Gasteiger partial charge in [0.05, 0.1) is 13.2 Å². The summed E-state index contributed by atoms with van der Waals surface area (Å²) in [5.41, 5.74) is 0. The Hall–Kier alpha value is -0.410. The summed E-state index contributed by atoms with van der Waals surface area (Å²) >= 11 is 0. The van der Waals surface area contributed by atoms with E-state index in [0.29, 0.717) is 19.1 Å². The van der Waals surface area contributed by atoms with Crippen LogP contribution in [0.1, 0.15) is 32.6 Å². The first-order valence-corrected chi connectivity index (χ1v) is 5.83. The van der Waals surface area contributed by atoms with E-state index in [1.54, 1.807) is 7.11 Å². The quantitative estimate of drug-likeness (QED) is 0.635. The van der Waals surface area contributed by atoms with E-state index < -0.39 is 0 Å². The fourth-order valence-electron chi connectivity index (χ4n) is 2.16. The number of hydrogen-bond donors (Lipinski definition) is 0. The Morgan fingerprint density at radius 3 is 2.80 bits per heavy atom. The van der Waals surface area contributed by atoms with Crippen molar-refractivity contribution in [3.8, 4) is 0 Å². The summed E-state index contributed by atoms with van der Waals surface area (Å²) < 4.78 is 10.1. The van der Waals surface area contributed by atoms with E-state index >= 15 is 0 Å². The van der Waals surface area contributed by atoms with Gasteiger partial charge in [-0.2, -0.15) is 0 Å². The van der Waals surface area contributed by atoms with Gasteiger partial charge in [0.15, 0.2) is 5.78 Å². The van der Waals surface area contributed by atoms with Crippen LogP contribution in [0, 0.1) is 11.8 Å². The van der Waals surface area contributed by atoms with E-state index in [4.69, 9.17) is 9.47 Å². The molecule has 88 valence electrons. The standard InChI is InChI=1S/C12H22O3/c1-10-4-3-5-11(8-10)12(13)9-15-7-6-14-2/h10-11H,3-9H2,1-2H3. The van der Waals surface area contributed by atoms with Crippen LogP contribution >= 0.6 is 0 Å². The van der Waals surface area contributed by atoms with Crippen LogP contribution in [0.5, 0.6) is 0 Å². The van der Waals surface area contributed by atoms with Gasteiger partial charge in [-0.05, 0) is 18.8 Å². The van der Waals surface area contributed by atoms with E-state index in [1.807, 2.05) is 0 Å². The summed E-state index contributed by atoms with van der Waals surface area (Å²) in [7, 11) is 1.63. The molecule has 0 spiro atoms. The lowest BCUT2D eigenvalue weighted by Crippen LogP contribution is -2.25. The van der Waals surface area contributed by atoms with Gasteiger partial charge in [-0.1, -0.05) is 19.8 Å². The highest BCUT2D eigenvalue weighted by atomic mass is 16.5. The highest BCUT2D eigenvalue weighted by molar-refractivity contribution is 5.82. The topological polar surface area (TPSA) is 35.5 Å². The number of ketones is 1. The smallest absolute Gasteiger partial charge is 0.161 e. The molecular formula is C12H22O3. The maximum Gasteiger partial charge on any atom is 0.161 e. The van der Waals surface area contributed by atoms with Crippen molar-refractivity contribution in [2.45, 2.75) is 32.6 Å². The fraction of sp³-hybridized carbons (Fsp3) is 0.917. The number of methoxy groups -OCH3 is 1. The van der Waals surface area contributed by atoms with E-state index in [1.165, 1.54) is 12.8 Å². The minimum atomic E-state index is 0.247. The lowest BCUT2D eigenvalue weighted by atomic mass is 9.80. The third-order valence-corrected chi connectivity index (χ3v) is 3.07. The first-order valence-electron chi connectivity index (χ1n) is 5.83. The number of hydrogen-bond acceptors (Lipinski definition) is 3. The predicted molar refractivity (Wildman–Crippen MR) is 58.8 cm³/mol. The van der Waals surface area contributed by atoms with E-state index in [9.17, 15) is 4.79 Å². The Bertz CT molecular complexity index is 191. The molecule has 1 aliphatic rings. The van der Waals surface area contributed by atoms with Gasteiger partial charge in [0, 0.05) is 13.0 Å². The van der Waals surface area contributed by atoms with Gasteiger partial charge >= 0.3 is 0 Å². The summed E-state index contributed by atoms with van der Waals surface area (Å²) in [5, 5.41) is 0. The average Bonchev–Trinajstić information content (AvgIpc) is 2.24. The Morgan fingerprint density at radius 1 is 1.33 bits per heavy atom. The third-order valence-electron chi connectivity index (χ3n) is 3.07. The molecular weight excluding hydrogens is 192 g/mol. The predicted octanol–water partition coefficient (Wildman–Crippen LogP) is 2.04. The molecule has 0 aromatic heterocycles. The summed E-state index contributed by atoms with van der Waals surface area (Å²) in [5.74, 6) is 1.22. The van der Waals surface area contributed by atoms with Gasteiger partial charge in [-0.15, -0.1) is 0 Å². The zero-order chi connectivity index (χ0) is 11.1. The van der Waals surface area contributed by atoms with E-state index in [-0.39, 0.29) is 18.3 Å². The lowest BCUT2D eigenvalue weighted by molar-refractivity contribution is -0.129. The average molecular weight is 214 g/mol. The molecule has 0 heterocycles. The van der Waals surface area contributed by atoms with Crippen molar-refractivity contribution in [1.29, 1.82) is 0 Å². The molecule has 0 aliphatic heterocycles. The summed E-state index contributed by atoms with van der Waals surface area (Å²) in [6.07, 6.45) is 4.56. The molecule has 0 aromatic carbocycles. The Labute approximate surface area is 92.1 Å². The molecule has 2 atom stereocenters. The molecule has 2 unspecified atom stereocenters. The van der Waals surface area contributed by atoms with Crippen molar-refractivity contribution in [2.75, 3.05) is 26.9 Å². The van der Waals surface area contributed by atoms with Crippen LogP contribution in [0.2, 0.25) is 0 Å². The SMILES string of the molecule is COCCOCC(=O)C1CCCC(C)C1. The van der Waals surface area contributed by atoms with Crippen LogP contribution in [0.15, 0.2) is 0 Å². The first kappa shape index (κ1) is 12.7. The molecule has 0 saturated heterocycles. The highest BCUT2D eigenvalue weighted by Crippen LogP contribution is 2.29. The van der Waals surface area contributed by atoms with E-state index in [0.717, 1.165) is 12.8 Å². The number of ether oxygens (including phenoxy) is 2. The van der Waals surface area contributed by atoms with Crippen LogP contribution in [0.25, 0.3) is 0 Å². The minimum absolute atomic E-state index is 0.247. The molecule has 15 heavy (non-hydrogen) atoms. The Kier molecular flexibility index (Phi) is 5.88. The van der Waals surface area contributed by atoms with Crippen molar-refractivity contribution in [3.05, 3.63) is 0 Å². The van der Waals surface area contributed by atoms with Gasteiger partial charge in [-0.3, -0.25) is 4.79 Å². The van der Waals surface area contributed by atoms with Crippen molar-refractivity contribution in [3.63, 3.8) is 0 Å². The second kappa shape index (κ2) is 6.96. The fourth-order valence-corrected chi connectivity index (χ4v) is 2.16. The van der Waals surface area contributed by atoms with Gasteiger partial charge in [0.1, 0.15) is 6.61 Å². The molecule has 3 heteroatoms. The van der Waals surface area contributed by atoms with Crippen molar-refractivity contribution >= 4 is 5.78 Å². The Morgan fingerprint density at radius 2 is 2.13 bits per heavy atom. The second-order valence-electron chi connectivity index (χ2n) is 4.48. The molecule has 1 saturated carbocycles. The molecule has 3 nitrogen and oxygen atoms in total. The van der Waals surface area contributed by atoms with Crippen molar-refractivity contribution < 1.29 is 14.3 Å². The normalized spacial score (nSPS) is 26.5. The van der Waals surface area contributed by atoms with Gasteiger partial charge in [0.2, 0.25) is 0 Å². The van der Waals surface area contributed by atoms with Crippen LogP contribution in [-0.2, 0) is 14.3 Å². The highest BCUT2D eigenvalue weighted by Gasteiger charge is 2.24. The third kappa shape index (κ3) is 4.76. The van der Waals surface area contributed by atoms with Crippen molar-refractivity contribution in [1.82, 2.24) is 0 Å². The van der Waals surface area contributed by atoms with Crippen LogP contribution in [-0.4, -0.2) is 32.7 Å². The summed E-state index contributed by atoms with van der Waals surface area (Å²) in [6.45, 7) is 3.57. The molecule has 0 radical (unpaired) electrons.